The van der Waals surface area contributed by atoms with Crippen LogP contribution in [0.2, 0.25) is 0 Å². The first-order chi connectivity index (χ1) is 12.2. The Morgan fingerprint density at radius 3 is 2.08 bits per heavy atom. The number of unbranched alkanes of at least 4 members (excludes halogenated alkanes) is 1. The highest BCUT2D eigenvalue weighted by Crippen LogP contribution is 2.16. The SMILES string of the molecule is CCCCOc1ccc(NC(=O)CCOc2ccc(CC)cc2)cc1. The van der Waals surface area contributed by atoms with Gasteiger partial charge in [0.2, 0.25) is 5.91 Å². The number of hydrogen-bond donors (Lipinski definition) is 1. The second-order valence-corrected chi connectivity index (χ2v) is 5.87. The zero-order valence-corrected chi connectivity index (χ0v) is 15.1. The van der Waals surface area contributed by atoms with E-state index in [0.717, 1.165) is 43.1 Å². The Balaban J connectivity index is 1.70. The zero-order valence-electron chi connectivity index (χ0n) is 15.1. The number of carbonyl (C=O) groups excluding carboxylic acids is 1. The van der Waals surface area contributed by atoms with Crippen molar-refractivity contribution in [1.29, 1.82) is 0 Å². The Hall–Kier alpha value is -2.49. The molecule has 4 nitrogen and oxygen atoms in total. The van der Waals surface area contributed by atoms with Crippen LogP contribution in [0.3, 0.4) is 0 Å². The third-order valence-electron chi connectivity index (χ3n) is 3.83. The van der Waals surface area contributed by atoms with E-state index in [0.29, 0.717) is 13.0 Å². The molecule has 0 bridgehead atoms. The average molecular weight is 341 g/mol. The van der Waals surface area contributed by atoms with E-state index in [-0.39, 0.29) is 5.91 Å². The van der Waals surface area contributed by atoms with Gasteiger partial charge >= 0.3 is 0 Å². The van der Waals surface area contributed by atoms with Crippen LogP contribution in [0.5, 0.6) is 11.5 Å². The molecule has 0 aliphatic rings. The fraction of sp³-hybridized carbons (Fsp3) is 0.381. The number of hydrogen-bond acceptors (Lipinski definition) is 3. The van der Waals surface area contributed by atoms with Gasteiger partial charge in [-0.15, -0.1) is 0 Å². The molecule has 0 aliphatic heterocycles. The Labute approximate surface area is 150 Å². The summed E-state index contributed by atoms with van der Waals surface area (Å²) in [7, 11) is 0. The molecule has 0 saturated heterocycles. The fourth-order valence-corrected chi connectivity index (χ4v) is 2.28. The molecule has 0 saturated carbocycles. The van der Waals surface area contributed by atoms with Gasteiger partial charge in [-0.2, -0.15) is 0 Å². The number of ether oxygens (including phenoxy) is 2. The van der Waals surface area contributed by atoms with Gasteiger partial charge in [-0.25, -0.2) is 0 Å². The minimum absolute atomic E-state index is 0.0650. The second kappa shape index (κ2) is 10.4. The van der Waals surface area contributed by atoms with Gasteiger partial charge in [-0.05, 0) is 54.8 Å². The van der Waals surface area contributed by atoms with Crippen LogP contribution in [-0.2, 0) is 11.2 Å². The van der Waals surface area contributed by atoms with Crippen LogP contribution in [0.15, 0.2) is 48.5 Å². The van der Waals surface area contributed by atoms with Crippen molar-refractivity contribution in [1.82, 2.24) is 0 Å². The number of benzene rings is 2. The van der Waals surface area contributed by atoms with Crippen molar-refractivity contribution in [3.63, 3.8) is 0 Å². The summed E-state index contributed by atoms with van der Waals surface area (Å²) in [5.41, 5.74) is 2.03. The van der Waals surface area contributed by atoms with Crippen LogP contribution < -0.4 is 14.8 Å². The van der Waals surface area contributed by atoms with E-state index < -0.39 is 0 Å². The van der Waals surface area contributed by atoms with Gasteiger partial charge in [0.1, 0.15) is 11.5 Å². The summed E-state index contributed by atoms with van der Waals surface area (Å²) in [5, 5.41) is 2.87. The molecule has 4 heteroatoms. The fourth-order valence-electron chi connectivity index (χ4n) is 2.28. The first-order valence-corrected chi connectivity index (χ1v) is 8.95. The molecule has 25 heavy (non-hydrogen) atoms. The number of carbonyl (C=O) groups is 1. The lowest BCUT2D eigenvalue weighted by Crippen LogP contribution is -2.15. The van der Waals surface area contributed by atoms with E-state index in [1.54, 1.807) is 0 Å². The molecule has 2 aromatic carbocycles. The molecular formula is C21H27NO3. The molecule has 134 valence electrons. The summed E-state index contributed by atoms with van der Waals surface area (Å²) < 4.78 is 11.2. The number of amides is 1. The minimum atomic E-state index is -0.0650. The lowest BCUT2D eigenvalue weighted by molar-refractivity contribution is -0.116. The third kappa shape index (κ3) is 6.87. The normalized spacial score (nSPS) is 10.3. The molecule has 2 rings (SSSR count). The number of rotatable bonds is 10. The largest absolute Gasteiger partial charge is 0.494 e. The van der Waals surface area contributed by atoms with Crippen molar-refractivity contribution in [3.8, 4) is 11.5 Å². The highest BCUT2D eigenvalue weighted by Gasteiger charge is 2.04. The highest BCUT2D eigenvalue weighted by molar-refractivity contribution is 5.90. The first kappa shape index (κ1) is 18.8. The lowest BCUT2D eigenvalue weighted by Gasteiger charge is -2.09. The maximum Gasteiger partial charge on any atom is 0.227 e. The summed E-state index contributed by atoms with van der Waals surface area (Å²) in [6.45, 7) is 5.32. The molecule has 0 heterocycles. The maximum absolute atomic E-state index is 12.0. The Morgan fingerprint density at radius 2 is 1.48 bits per heavy atom. The third-order valence-corrected chi connectivity index (χ3v) is 3.83. The van der Waals surface area contributed by atoms with Crippen molar-refractivity contribution in [2.24, 2.45) is 0 Å². The summed E-state index contributed by atoms with van der Waals surface area (Å²) >= 11 is 0. The van der Waals surface area contributed by atoms with E-state index in [4.69, 9.17) is 9.47 Å². The van der Waals surface area contributed by atoms with Gasteiger partial charge in [-0.3, -0.25) is 4.79 Å². The summed E-state index contributed by atoms with van der Waals surface area (Å²) in [6, 6.07) is 15.4. The lowest BCUT2D eigenvalue weighted by atomic mass is 10.2. The molecule has 0 fully saturated rings. The quantitative estimate of drug-likeness (QED) is 0.629. The van der Waals surface area contributed by atoms with Crippen LogP contribution in [0.25, 0.3) is 0 Å². The minimum Gasteiger partial charge on any atom is -0.494 e. The summed E-state index contributed by atoms with van der Waals surface area (Å²) in [4.78, 5) is 12.0. The maximum atomic E-state index is 12.0. The van der Waals surface area contributed by atoms with Crippen molar-refractivity contribution in [2.75, 3.05) is 18.5 Å². The molecule has 1 amide bonds. The smallest absolute Gasteiger partial charge is 0.227 e. The van der Waals surface area contributed by atoms with E-state index in [2.05, 4.69) is 19.2 Å². The number of anilines is 1. The number of aryl methyl sites for hydroxylation is 1. The van der Waals surface area contributed by atoms with Gasteiger partial charge in [0.15, 0.2) is 0 Å². The summed E-state index contributed by atoms with van der Waals surface area (Å²) in [5.74, 6) is 1.55. The van der Waals surface area contributed by atoms with Crippen LogP contribution >= 0.6 is 0 Å². The van der Waals surface area contributed by atoms with Crippen molar-refractivity contribution >= 4 is 11.6 Å². The van der Waals surface area contributed by atoms with Gasteiger partial charge < -0.3 is 14.8 Å². The molecule has 0 aliphatic carbocycles. The molecule has 0 unspecified atom stereocenters. The van der Waals surface area contributed by atoms with E-state index >= 15 is 0 Å². The Morgan fingerprint density at radius 1 is 0.880 bits per heavy atom. The predicted octanol–water partition coefficient (Wildman–Crippen LogP) is 4.84. The van der Waals surface area contributed by atoms with Crippen LogP contribution in [0.1, 0.15) is 38.7 Å². The van der Waals surface area contributed by atoms with Gasteiger partial charge in [0.25, 0.3) is 0 Å². The van der Waals surface area contributed by atoms with Gasteiger partial charge in [-0.1, -0.05) is 32.4 Å². The average Bonchev–Trinajstić information content (AvgIpc) is 2.64. The highest BCUT2D eigenvalue weighted by atomic mass is 16.5. The summed E-state index contributed by atoms with van der Waals surface area (Å²) in [6.07, 6.45) is 3.47. The Kier molecular flexibility index (Phi) is 7.83. The van der Waals surface area contributed by atoms with Crippen molar-refractivity contribution in [3.05, 3.63) is 54.1 Å². The molecule has 0 spiro atoms. The molecule has 1 N–H and O–H groups in total. The molecule has 0 radical (unpaired) electrons. The van der Waals surface area contributed by atoms with Crippen molar-refractivity contribution < 1.29 is 14.3 Å². The van der Waals surface area contributed by atoms with E-state index in [1.807, 2.05) is 48.5 Å². The monoisotopic (exact) mass is 341 g/mol. The van der Waals surface area contributed by atoms with Gasteiger partial charge in [0.05, 0.1) is 19.6 Å². The van der Waals surface area contributed by atoms with E-state index in [9.17, 15) is 4.79 Å². The molecule has 2 aromatic rings. The molecule has 0 atom stereocenters. The topological polar surface area (TPSA) is 47.6 Å². The molecular weight excluding hydrogens is 314 g/mol. The number of nitrogens with one attached hydrogen (secondary N) is 1. The van der Waals surface area contributed by atoms with Crippen molar-refractivity contribution in [2.45, 2.75) is 39.5 Å². The van der Waals surface area contributed by atoms with Gasteiger partial charge in [0, 0.05) is 5.69 Å². The second-order valence-electron chi connectivity index (χ2n) is 5.87. The van der Waals surface area contributed by atoms with Crippen LogP contribution in [-0.4, -0.2) is 19.1 Å². The first-order valence-electron chi connectivity index (χ1n) is 8.95. The predicted molar refractivity (Wildman–Crippen MR) is 101 cm³/mol. The van der Waals surface area contributed by atoms with Crippen LogP contribution in [0.4, 0.5) is 5.69 Å². The zero-order chi connectivity index (χ0) is 17.9. The Bertz CT molecular complexity index is 635. The van der Waals surface area contributed by atoms with E-state index in [1.165, 1.54) is 5.56 Å². The van der Waals surface area contributed by atoms with Crippen LogP contribution in [0, 0.1) is 0 Å². The molecule has 0 aromatic heterocycles. The standard InChI is InChI=1S/C21H27NO3/c1-3-5-15-24-20-12-8-18(9-13-20)22-21(23)14-16-25-19-10-6-17(4-2)7-11-19/h6-13H,3-5,14-16H2,1-2H3,(H,22,23).